The number of nitrogens with two attached hydrogens (primary N) is 1. The molecule has 0 saturated heterocycles. The highest BCUT2D eigenvalue weighted by Crippen LogP contribution is 2.14. The van der Waals surface area contributed by atoms with Crippen LogP contribution in [-0.4, -0.2) is 35.2 Å². The number of nitrogens with zero attached hydrogens (tertiary/aromatic N) is 2. The number of halogens is 3. The van der Waals surface area contributed by atoms with E-state index in [-0.39, 0.29) is 12.6 Å². The van der Waals surface area contributed by atoms with Crippen LogP contribution in [0.4, 0.5) is 13.2 Å². The third-order valence-electron chi connectivity index (χ3n) is 2.14. The number of alkyl halides is 3. The molecule has 0 aliphatic rings. The predicted octanol–water partition coefficient (Wildman–Crippen LogP) is 1.26. The Balaban J connectivity index is 2.15. The van der Waals surface area contributed by atoms with Gasteiger partial charge in [0, 0.05) is 32.3 Å². The van der Waals surface area contributed by atoms with Gasteiger partial charge in [0.1, 0.15) is 6.61 Å². The summed E-state index contributed by atoms with van der Waals surface area (Å²) in [7, 11) is 1.79. The van der Waals surface area contributed by atoms with E-state index in [2.05, 4.69) is 9.84 Å². The minimum atomic E-state index is -4.27. The van der Waals surface area contributed by atoms with Crippen LogP contribution in [0.1, 0.15) is 12.1 Å². The Labute approximate surface area is 97.5 Å². The molecular formula is C10H16F3N3O. The lowest BCUT2D eigenvalue weighted by molar-refractivity contribution is -0.174. The summed E-state index contributed by atoms with van der Waals surface area (Å²) in [4.78, 5) is 0. The topological polar surface area (TPSA) is 53.1 Å². The fourth-order valence-corrected chi connectivity index (χ4v) is 1.37. The summed E-state index contributed by atoms with van der Waals surface area (Å²) in [6.07, 6.45) is -1.56. The first kappa shape index (κ1) is 14.0. The number of rotatable bonds is 6. The lowest BCUT2D eigenvalue weighted by Crippen LogP contribution is -2.26. The molecule has 17 heavy (non-hydrogen) atoms. The van der Waals surface area contributed by atoms with E-state index in [1.165, 1.54) is 0 Å². The SMILES string of the molecule is Cn1ccc(CC(N)CCOCC(F)(F)F)n1. The van der Waals surface area contributed by atoms with Crippen molar-refractivity contribution in [3.05, 3.63) is 18.0 Å². The highest BCUT2D eigenvalue weighted by molar-refractivity contribution is 5.00. The Morgan fingerprint density at radius 1 is 1.53 bits per heavy atom. The van der Waals surface area contributed by atoms with Crippen molar-refractivity contribution in [2.45, 2.75) is 25.1 Å². The van der Waals surface area contributed by atoms with Gasteiger partial charge in [-0.05, 0) is 12.5 Å². The second-order valence-corrected chi connectivity index (χ2v) is 3.90. The van der Waals surface area contributed by atoms with E-state index in [9.17, 15) is 13.2 Å². The van der Waals surface area contributed by atoms with Crippen LogP contribution in [0.25, 0.3) is 0 Å². The third kappa shape index (κ3) is 6.28. The molecular weight excluding hydrogens is 235 g/mol. The highest BCUT2D eigenvalue weighted by Gasteiger charge is 2.27. The van der Waals surface area contributed by atoms with E-state index in [0.29, 0.717) is 12.8 Å². The summed E-state index contributed by atoms with van der Waals surface area (Å²) >= 11 is 0. The zero-order valence-electron chi connectivity index (χ0n) is 9.57. The van der Waals surface area contributed by atoms with Gasteiger partial charge in [-0.3, -0.25) is 4.68 Å². The molecule has 0 spiro atoms. The van der Waals surface area contributed by atoms with E-state index < -0.39 is 12.8 Å². The molecule has 1 rings (SSSR count). The highest BCUT2D eigenvalue weighted by atomic mass is 19.4. The van der Waals surface area contributed by atoms with Gasteiger partial charge in [-0.15, -0.1) is 0 Å². The van der Waals surface area contributed by atoms with Crippen molar-refractivity contribution < 1.29 is 17.9 Å². The maximum Gasteiger partial charge on any atom is 0.411 e. The van der Waals surface area contributed by atoms with Gasteiger partial charge in [-0.2, -0.15) is 18.3 Å². The Morgan fingerprint density at radius 2 is 2.24 bits per heavy atom. The van der Waals surface area contributed by atoms with E-state index >= 15 is 0 Å². The standard InChI is InChI=1S/C10H16F3N3O/c1-16-4-2-9(15-16)6-8(14)3-5-17-7-10(11,12)13/h2,4,8H,3,5-7,14H2,1H3. The third-order valence-corrected chi connectivity index (χ3v) is 2.14. The Kier molecular flexibility index (Phi) is 4.95. The molecule has 7 heteroatoms. The minimum absolute atomic E-state index is 0.00745. The van der Waals surface area contributed by atoms with E-state index in [0.717, 1.165) is 5.69 Å². The lowest BCUT2D eigenvalue weighted by Gasteiger charge is -2.11. The Morgan fingerprint density at radius 3 is 2.76 bits per heavy atom. The normalized spacial score (nSPS) is 13.9. The van der Waals surface area contributed by atoms with Crippen LogP contribution < -0.4 is 5.73 Å². The van der Waals surface area contributed by atoms with Gasteiger partial charge in [0.2, 0.25) is 0 Å². The maximum absolute atomic E-state index is 11.8. The summed E-state index contributed by atoms with van der Waals surface area (Å²) in [5, 5.41) is 4.13. The van der Waals surface area contributed by atoms with Gasteiger partial charge < -0.3 is 10.5 Å². The van der Waals surface area contributed by atoms with Gasteiger partial charge >= 0.3 is 6.18 Å². The van der Waals surface area contributed by atoms with Crippen LogP contribution in [0.2, 0.25) is 0 Å². The molecule has 0 aliphatic heterocycles. The first-order valence-corrected chi connectivity index (χ1v) is 5.25. The van der Waals surface area contributed by atoms with Crippen LogP contribution in [-0.2, 0) is 18.2 Å². The fraction of sp³-hybridized carbons (Fsp3) is 0.700. The van der Waals surface area contributed by atoms with Gasteiger partial charge in [-0.1, -0.05) is 0 Å². The van der Waals surface area contributed by atoms with Crippen LogP contribution in [0, 0.1) is 0 Å². The van der Waals surface area contributed by atoms with Crippen molar-refractivity contribution in [3.8, 4) is 0 Å². The van der Waals surface area contributed by atoms with E-state index in [1.54, 1.807) is 17.9 Å². The quantitative estimate of drug-likeness (QED) is 0.774. The molecule has 1 atom stereocenters. The lowest BCUT2D eigenvalue weighted by atomic mass is 10.1. The van der Waals surface area contributed by atoms with Crippen molar-refractivity contribution in [1.82, 2.24) is 9.78 Å². The first-order chi connectivity index (χ1) is 7.87. The number of ether oxygens (including phenoxy) is 1. The largest absolute Gasteiger partial charge is 0.411 e. The second-order valence-electron chi connectivity index (χ2n) is 3.90. The van der Waals surface area contributed by atoms with Crippen molar-refractivity contribution in [2.75, 3.05) is 13.2 Å². The molecule has 1 heterocycles. The predicted molar refractivity (Wildman–Crippen MR) is 56.4 cm³/mol. The van der Waals surface area contributed by atoms with Crippen molar-refractivity contribution in [3.63, 3.8) is 0 Å². The van der Waals surface area contributed by atoms with Gasteiger partial charge in [0.25, 0.3) is 0 Å². The zero-order valence-corrected chi connectivity index (χ0v) is 9.57. The van der Waals surface area contributed by atoms with Gasteiger partial charge in [-0.25, -0.2) is 0 Å². The molecule has 0 aromatic carbocycles. The molecule has 0 saturated carbocycles. The molecule has 2 N–H and O–H groups in total. The van der Waals surface area contributed by atoms with Crippen LogP contribution in [0.15, 0.2) is 12.3 Å². The summed E-state index contributed by atoms with van der Waals surface area (Å²) in [5.41, 5.74) is 6.58. The summed E-state index contributed by atoms with van der Waals surface area (Å²) in [6.45, 7) is -1.21. The summed E-state index contributed by atoms with van der Waals surface area (Å²) in [6, 6.07) is 1.59. The average molecular weight is 251 g/mol. The Bertz CT molecular complexity index is 338. The number of aryl methyl sites for hydroxylation is 1. The molecule has 0 aliphatic carbocycles. The van der Waals surface area contributed by atoms with E-state index in [1.807, 2.05) is 6.07 Å². The monoisotopic (exact) mass is 251 g/mol. The summed E-state index contributed by atoms with van der Waals surface area (Å²) in [5.74, 6) is 0. The fourth-order valence-electron chi connectivity index (χ4n) is 1.37. The molecule has 1 unspecified atom stereocenters. The molecule has 4 nitrogen and oxygen atoms in total. The number of hydrogen-bond acceptors (Lipinski definition) is 3. The first-order valence-electron chi connectivity index (χ1n) is 5.25. The smallest absolute Gasteiger partial charge is 0.372 e. The van der Waals surface area contributed by atoms with Crippen molar-refractivity contribution in [1.29, 1.82) is 0 Å². The van der Waals surface area contributed by atoms with Crippen LogP contribution in [0.5, 0.6) is 0 Å². The summed E-state index contributed by atoms with van der Waals surface area (Å²) < 4.78 is 41.4. The molecule has 1 aromatic rings. The van der Waals surface area contributed by atoms with Crippen LogP contribution in [0.3, 0.4) is 0 Å². The average Bonchev–Trinajstić information content (AvgIpc) is 2.57. The second kappa shape index (κ2) is 6.02. The van der Waals surface area contributed by atoms with Crippen molar-refractivity contribution in [2.24, 2.45) is 12.8 Å². The zero-order chi connectivity index (χ0) is 12.9. The molecule has 0 fully saturated rings. The Hall–Kier alpha value is -1.08. The van der Waals surface area contributed by atoms with E-state index in [4.69, 9.17) is 5.73 Å². The maximum atomic E-state index is 11.8. The number of hydrogen-bond donors (Lipinski definition) is 1. The van der Waals surface area contributed by atoms with Gasteiger partial charge in [0.05, 0.1) is 5.69 Å². The molecule has 1 aromatic heterocycles. The molecule has 0 bridgehead atoms. The number of aromatic nitrogens is 2. The molecule has 98 valence electrons. The van der Waals surface area contributed by atoms with Gasteiger partial charge in [0.15, 0.2) is 0 Å². The van der Waals surface area contributed by atoms with Crippen molar-refractivity contribution >= 4 is 0 Å². The molecule has 0 amide bonds. The van der Waals surface area contributed by atoms with Crippen LogP contribution >= 0.6 is 0 Å². The molecule has 0 radical (unpaired) electrons. The minimum Gasteiger partial charge on any atom is -0.372 e.